The number of aliphatic imine (C=N–C) groups is 1. The fourth-order valence-electron chi connectivity index (χ4n) is 3.65. The molecule has 0 spiro atoms. The van der Waals surface area contributed by atoms with Gasteiger partial charge < -0.3 is 14.8 Å². The number of rotatable bonds is 4. The predicted molar refractivity (Wildman–Crippen MR) is 110 cm³/mol. The number of nitrogens with one attached hydrogen (secondary N) is 1. The van der Waals surface area contributed by atoms with Gasteiger partial charge >= 0.3 is 12.0 Å². The summed E-state index contributed by atoms with van der Waals surface area (Å²) in [6, 6.07) is 5.11. The van der Waals surface area contributed by atoms with Crippen molar-refractivity contribution >= 4 is 29.2 Å². The number of amides is 3. The van der Waals surface area contributed by atoms with E-state index in [1.165, 1.54) is 12.4 Å². The van der Waals surface area contributed by atoms with Crippen molar-refractivity contribution in [3.8, 4) is 11.8 Å². The van der Waals surface area contributed by atoms with Gasteiger partial charge in [-0.25, -0.2) is 24.7 Å². The molecule has 0 aliphatic carbocycles. The zero-order valence-corrected chi connectivity index (χ0v) is 17.5. The lowest BCUT2D eigenvalue weighted by atomic mass is 9.94. The number of hydrogen-bond acceptors (Lipinski definition) is 7. The third-order valence-corrected chi connectivity index (χ3v) is 5.33. The van der Waals surface area contributed by atoms with Gasteiger partial charge in [0.2, 0.25) is 0 Å². The number of urea groups is 1. The van der Waals surface area contributed by atoms with E-state index in [-0.39, 0.29) is 17.6 Å². The first-order chi connectivity index (χ1) is 14.1. The summed E-state index contributed by atoms with van der Waals surface area (Å²) in [5.41, 5.74) is 0.259. The lowest BCUT2D eigenvalue weighted by molar-refractivity contribution is -0.121. The molecule has 1 aromatic carbocycles. The smallest absolute Gasteiger partial charge is 0.329 e. The maximum atomic E-state index is 12.6. The Morgan fingerprint density at radius 3 is 2.50 bits per heavy atom. The average molecular weight is 409 g/mol. The number of imide groups is 1. The predicted octanol–water partition coefficient (Wildman–Crippen LogP) is 3.81. The van der Waals surface area contributed by atoms with E-state index >= 15 is 0 Å². The first-order valence-electron chi connectivity index (χ1n) is 9.69. The van der Waals surface area contributed by atoms with Crippen molar-refractivity contribution in [1.82, 2.24) is 15.3 Å². The average Bonchev–Trinajstić information content (AvgIpc) is 2.90. The van der Waals surface area contributed by atoms with E-state index in [0.29, 0.717) is 18.1 Å². The van der Waals surface area contributed by atoms with E-state index in [4.69, 9.17) is 9.47 Å². The zero-order chi connectivity index (χ0) is 21.7. The number of nitrogens with zero attached hydrogens (tertiary/aromatic N) is 4. The van der Waals surface area contributed by atoms with Gasteiger partial charge in [0.1, 0.15) is 16.9 Å². The number of ether oxygens (including phenoxy) is 2. The van der Waals surface area contributed by atoms with Gasteiger partial charge in [0, 0.05) is 6.92 Å². The van der Waals surface area contributed by atoms with Crippen molar-refractivity contribution in [2.75, 3.05) is 4.90 Å². The van der Waals surface area contributed by atoms with Crippen LogP contribution in [0.15, 0.2) is 35.6 Å². The molecule has 0 saturated carbocycles. The number of fused-ring (bicyclic) bond motifs is 1. The van der Waals surface area contributed by atoms with Crippen molar-refractivity contribution < 1.29 is 19.1 Å². The van der Waals surface area contributed by atoms with Gasteiger partial charge in [-0.2, -0.15) is 0 Å². The first kappa shape index (κ1) is 19.8. The number of hydrogen-bond donors (Lipinski definition) is 1. The molecule has 30 heavy (non-hydrogen) atoms. The number of carbonyl (C=O) groups is 2. The molecule has 1 saturated heterocycles. The molecule has 1 N–H and O–H groups in total. The maximum Gasteiger partial charge on any atom is 0.329 e. The van der Waals surface area contributed by atoms with Crippen LogP contribution >= 0.6 is 0 Å². The Kier molecular flexibility index (Phi) is 4.48. The monoisotopic (exact) mass is 409 g/mol. The maximum absolute atomic E-state index is 12.6. The summed E-state index contributed by atoms with van der Waals surface area (Å²) in [4.78, 5) is 38.8. The summed E-state index contributed by atoms with van der Waals surface area (Å²) in [7, 11) is 0. The molecule has 4 rings (SSSR count). The normalized spacial score (nSPS) is 22.2. The summed E-state index contributed by atoms with van der Waals surface area (Å²) in [5.74, 6) is 0.768. The molecule has 3 amide bonds. The Balaban J connectivity index is 1.61. The second-order valence-corrected chi connectivity index (χ2v) is 7.98. The summed E-state index contributed by atoms with van der Waals surface area (Å²) in [6.07, 6.45) is 3.26. The molecule has 2 aliphatic heterocycles. The van der Waals surface area contributed by atoms with E-state index < -0.39 is 17.2 Å². The Hall–Kier alpha value is -3.49. The highest BCUT2D eigenvalue weighted by atomic mass is 16.5. The highest BCUT2D eigenvalue weighted by Crippen LogP contribution is 2.44. The summed E-state index contributed by atoms with van der Waals surface area (Å²) >= 11 is 0. The number of anilines is 1. The van der Waals surface area contributed by atoms with Gasteiger partial charge in [0.15, 0.2) is 5.90 Å². The molecule has 9 heteroatoms. The fourth-order valence-corrected chi connectivity index (χ4v) is 3.65. The van der Waals surface area contributed by atoms with Gasteiger partial charge in [0.25, 0.3) is 5.91 Å². The molecule has 0 bridgehead atoms. The van der Waals surface area contributed by atoms with Gasteiger partial charge in [-0.1, -0.05) is 13.0 Å². The van der Waals surface area contributed by atoms with Gasteiger partial charge in [0.05, 0.1) is 29.3 Å². The highest BCUT2D eigenvalue weighted by Gasteiger charge is 2.47. The van der Waals surface area contributed by atoms with E-state index in [1.54, 1.807) is 19.9 Å². The summed E-state index contributed by atoms with van der Waals surface area (Å²) in [6.45, 7) is 9.20. The van der Waals surface area contributed by atoms with Crippen molar-refractivity contribution in [3.63, 3.8) is 0 Å². The van der Waals surface area contributed by atoms with Crippen LogP contribution in [0.3, 0.4) is 0 Å². The van der Waals surface area contributed by atoms with Crippen LogP contribution in [0.2, 0.25) is 0 Å². The topological polar surface area (TPSA) is 106 Å². The number of aromatic nitrogens is 2. The van der Waals surface area contributed by atoms with Crippen LogP contribution in [0.4, 0.5) is 16.2 Å². The van der Waals surface area contributed by atoms with Gasteiger partial charge in [-0.3, -0.25) is 4.79 Å². The number of benzene rings is 1. The summed E-state index contributed by atoms with van der Waals surface area (Å²) in [5, 5.41) is 2.70. The third-order valence-electron chi connectivity index (χ3n) is 5.33. The van der Waals surface area contributed by atoms with Crippen LogP contribution in [0.1, 0.15) is 46.6 Å². The molecule has 2 aliphatic rings. The minimum Gasteiger partial charge on any atom is -0.470 e. The Bertz CT molecular complexity index is 1060. The molecule has 2 aromatic rings. The highest BCUT2D eigenvalue weighted by molar-refractivity contribution is 6.23. The Morgan fingerprint density at radius 2 is 1.87 bits per heavy atom. The Morgan fingerprint density at radius 1 is 1.17 bits per heavy atom. The molecule has 1 aromatic heterocycles. The zero-order valence-electron chi connectivity index (χ0n) is 17.5. The van der Waals surface area contributed by atoms with E-state index in [2.05, 4.69) is 20.3 Å². The van der Waals surface area contributed by atoms with Crippen molar-refractivity contribution in [3.05, 3.63) is 36.2 Å². The minimum absolute atomic E-state index is 0.0829. The lowest BCUT2D eigenvalue weighted by Crippen LogP contribution is -2.43. The van der Waals surface area contributed by atoms with Crippen LogP contribution in [-0.2, 0) is 15.1 Å². The van der Waals surface area contributed by atoms with Crippen molar-refractivity contribution in [2.24, 2.45) is 4.99 Å². The molecule has 3 heterocycles. The molecular formula is C21H23N5O4. The molecule has 156 valence electrons. The SMILES string of the molecule is CC[C@@]1(C)NC(=O)N(c2cnc(Oc3cccc4c3C(C)(C)OC(C)=N4)nc2)C1=O. The lowest BCUT2D eigenvalue weighted by Gasteiger charge is -2.32. The van der Waals surface area contributed by atoms with E-state index in [1.807, 2.05) is 32.9 Å². The van der Waals surface area contributed by atoms with Crippen LogP contribution in [0.25, 0.3) is 0 Å². The van der Waals surface area contributed by atoms with Crippen molar-refractivity contribution in [1.29, 1.82) is 0 Å². The fraction of sp³-hybridized carbons (Fsp3) is 0.381. The minimum atomic E-state index is -0.931. The third kappa shape index (κ3) is 3.16. The molecule has 9 nitrogen and oxygen atoms in total. The molecule has 1 fully saturated rings. The molecule has 1 atom stereocenters. The van der Waals surface area contributed by atoms with Crippen LogP contribution in [0, 0.1) is 0 Å². The molecular weight excluding hydrogens is 386 g/mol. The molecule has 0 radical (unpaired) electrons. The largest absolute Gasteiger partial charge is 0.470 e. The number of carbonyl (C=O) groups excluding carboxylic acids is 2. The quantitative estimate of drug-likeness (QED) is 0.770. The van der Waals surface area contributed by atoms with Gasteiger partial charge in [-0.05, 0) is 39.3 Å². The second kappa shape index (κ2) is 6.79. The summed E-state index contributed by atoms with van der Waals surface area (Å²) < 4.78 is 11.8. The Labute approximate surface area is 174 Å². The van der Waals surface area contributed by atoms with Crippen LogP contribution < -0.4 is 15.0 Å². The second-order valence-electron chi connectivity index (χ2n) is 7.98. The van der Waals surface area contributed by atoms with Crippen molar-refractivity contribution in [2.45, 2.75) is 52.2 Å². The molecule has 0 unspecified atom stereocenters. The first-order valence-corrected chi connectivity index (χ1v) is 9.69. The van der Waals surface area contributed by atoms with E-state index in [0.717, 1.165) is 16.2 Å². The van der Waals surface area contributed by atoms with Crippen LogP contribution in [-0.4, -0.2) is 33.3 Å². The van der Waals surface area contributed by atoms with E-state index in [9.17, 15) is 9.59 Å². The standard InChI is InChI=1S/C21H23N5O4/c1-6-21(5)17(27)26(19(28)25-21)13-10-22-18(23-11-13)29-15-9-7-8-14-16(15)20(3,4)30-12(2)24-14/h7-11H,6H2,1-5H3,(H,25,28)/t21-/m1/s1. The van der Waals surface area contributed by atoms with Gasteiger partial charge in [-0.15, -0.1) is 0 Å². The van der Waals surface area contributed by atoms with Crippen LogP contribution in [0.5, 0.6) is 11.8 Å².